The van der Waals surface area contributed by atoms with Gasteiger partial charge in [0.15, 0.2) is 12.9 Å². The molecule has 332 valence electrons. The third-order valence-electron chi connectivity index (χ3n) is 15.9. The second-order valence-electron chi connectivity index (χ2n) is 22.9. The van der Waals surface area contributed by atoms with Crippen molar-refractivity contribution in [2.45, 2.75) is 90.9 Å². The third-order valence-corrected chi connectivity index (χ3v) is 15.9. The largest absolute Gasteiger partial charge is 0.436 e. The molecule has 5 heteroatoms. The number of hydrogen-bond acceptors (Lipinski definition) is 3. The summed E-state index contributed by atoms with van der Waals surface area (Å²) in [6, 6.07) is 54.5. The van der Waals surface area contributed by atoms with E-state index < -0.39 is 0 Å². The van der Waals surface area contributed by atoms with Crippen LogP contribution >= 0.6 is 0 Å². The first-order valence-electron chi connectivity index (χ1n) is 24.4. The average molecular weight is 882 g/mol. The van der Waals surface area contributed by atoms with E-state index in [-0.39, 0.29) is 21.7 Å². The molecule has 0 atom stereocenters. The van der Waals surface area contributed by atoms with Gasteiger partial charge in [0.25, 0.3) is 0 Å². The Kier molecular flexibility index (Phi) is 8.32. The van der Waals surface area contributed by atoms with E-state index in [2.05, 4.69) is 207 Å². The number of nitrogens with zero attached hydrogens (tertiary/aromatic N) is 2. The Labute approximate surface area is 400 Å². The first-order chi connectivity index (χ1) is 32.5. The van der Waals surface area contributed by atoms with Gasteiger partial charge in [-0.1, -0.05) is 160 Å². The third kappa shape index (κ3) is 5.71. The van der Waals surface area contributed by atoms with Crippen LogP contribution in [0.4, 0.5) is 11.4 Å². The SMILES string of the molecule is CC(C)(C)c1ccc(Nc2cc3c(cc2-c2c4c(c5c6cc(C(C)(C)C)ccc6n6c5c2Bc2cc5nc(-c7ccccc7)oc5cc2-6)-c2ccccc2C4(C)C)C(C)(C)c2ccccc2-3)cc1. The van der Waals surface area contributed by atoms with Gasteiger partial charge in [0.2, 0.25) is 5.89 Å². The molecule has 0 saturated heterocycles. The molecule has 2 aromatic heterocycles. The summed E-state index contributed by atoms with van der Waals surface area (Å²) >= 11 is 0. The lowest BCUT2D eigenvalue weighted by molar-refractivity contribution is 0.590. The fraction of sp³-hybridized carbons (Fsp3) is 0.222. The van der Waals surface area contributed by atoms with Crippen molar-refractivity contribution < 1.29 is 4.42 Å². The van der Waals surface area contributed by atoms with Gasteiger partial charge in [0.05, 0.1) is 5.52 Å². The number of aromatic nitrogens is 2. The van der Waals surface area contributed by atoms with Gasteiger partial charge in [0, 0.05) is 61.4 Å². The van der Waals surface area contributed by atoms with Crippen LogP contribution in [0.15, 0.2) is 150 Å². The quantitative estimate of drug-likeness (QED) is 0.179. The summed E-state index contributed by atoms with van der Waals surface area (Å²) in [7, 11) is 0.743. The van der Waals surface area contributed by atoms with Gasteiger partial charge in [-0.25, -0.2) is 4.98 Å². The number of fused-ring (bicyclic) bond motifs is 13. The van der Waals surface area contributed by atoms with Crippen molar-refractivity contribution in [2.24, 2.45) is 0 Å². The molecule has 0 amide bonds. The Bertz CT molecular complexity index is 3790. The van der Waals surface area contributed by atoms with Crippen LogP contribution in [0.25, 0.3) is 83.4 Å². The molecule has 2 aliphatic carbocycles. The van der Waals surface area contributed by atoms with Gasteiger partial charge in [-0.3, -0.25) is 0 Å². The molecule has 0 fully saturated rings. The van der Waals surface area contributed by atoms with Crippen LogP contribution in [-0.2, 0) is 21.7 Å². The molecule has 0 unspecified atom stereocenters. The lowest BCUT2D eigenvalue weighted by atomic mass is 9.57. The monoisotopic (exact) mass is 881 g/mol. The van der Waals surface area contributed by atoms with Crippen molar-refractivity contribution in [3.63, 3.8) is 0 Å². The molecule has 0 radical (unpaired) electrons. The standard InChI is InChI=1S/C63H56BN3O/c1-60(2,3)36-24-27-38(28-25-36)65-48-32-41-39-20-14-16-22-44(39)62(7,8)46(41)31-42(48)55-56-53(40-21-15-17-23-45(40)63(56,9)10)54-43-30-37(61(4,5)6)26-29-50(43)67-51-34-52-49(33-47(51)64-57(55)58(54)67)66-59(68-52)35-18-12-11-13-19-35/h11-34,64-65H,1-10H3. The number of anilines is 2. The van der Waals surface area contributed by atoms with E-state index in [9.17, 15) is 0 Å². The molecule has 8 aromatic carbocycles. The maximum atomic E-state index is 6.65. The highest BCUT2D eigenvalue weighted by Gasteiger charge is 2.44. The highest BCUT2D eigenvalue weighted by Crippen LogP contribution is 2.59. The molecule has 13 rings (SSSR count). The predicted molar refractivity (Wildman–Crippen MR) is 288 cm³/mol. The summed E-state index contributed by atoms with van der Waals surface area (Å²) in [6.45, 7) is 23.6. The van der Waals surface area contributed by atoms with Crippen LogP contribution in [0.3, 0.4) is 0 Å². The zero-order valence-corrected chi connectivity index (χ0v) is 40.9. The molecule has 1 aliphatic heterocycles. The first kappa shape index (κ1) is 41.1. The molecule has 4 nitrogen and oxygen atoms in total. The highest BCUT2D eigenvalue weighted by atomic mass is 16.3. The second kappa shape index (κ2) is 13.8. The van der Waals surface area contributed by atoms with Gasteiger partial charge in [-0.15, -0.1) is 0 Å². The van der Waals surface area contributed by atoms with E-state index >= 15 is 0 Å². The number of rotatable bonds is 4. The van der Waals surface area contributed by atoms with Crippen LogP contribution in [0.2, 0.25) is 0 Å². The molecule has 0 spiro atoms. The van der Waals surface area contributed by atoms with Crippen LogP contribution in [0.1, 0.15) is 103 Å². The zero-order valence-electron chi connectivity index (χ0n) is 40.9. The minimum Gasteiger partial charge on any atom is -0.436 e. The number of benzene rings is 8. The smallest absolute Gasteiger partial charge is 0.227 e. The summed E-state index contributed by atoms with van der Waals surface area (Å²) < 4.78 is 9.23. The number of nitrogens with one attached hydrogen (secondary N) is 1. The van der Waals surface area contributed by atoms with Gasteiger partial charge in [-0.05, 0) is 132 Å². The topological polar surface area (TPSA) is 43.0 Å². The molecule has 3 heterocycles. The Hall–Kier alpha value is -7.11. The first-order valence-corrected chi connectivity index (χ1v) is 24.4. The fourth-order valence-corrected chi connectivity index (χ4v) is 12.3. The molecule has 0 saturated carbocycles. The van der Waals surface area contributed by atoms with Crippen molar-refractivity contribution in [1.82, 2.24) is 9.55 Å². The molecule has 68 heavy (non-hydrogen) atoms. The average Bonchev–Trinajstić information content (AvgIpc) is 4.02. The summed E-state index contributed by atoms with van der Waals surface area (Å²) in [5.74, 6) is 0.642. The molecular formula is C63H56BN3O. The van der Waals surface area contributed by atoms with Crippen molar-refractivity contribution in [1.29, 1.82) is 0 Å². The second-order valence-corrected chi connectivity index (χ2v) is 22.9. The fourth-order valence-electron chi connectivity index (χ4n) is 12.3. The number of hydrogen-bond donors (Lipinski definition) is 1. The molecule has 10 aromatic rings. The molecule has 0 bridgehead atoms. The van der Waals surface area contributed by atoms with E-state index in [1.165, 1.54) is 99.5 Å². The summed E-state index contributed by atoms with van der Waals surface area (Å²) in [4.78, 5) is 5.14. The summed E-state index contributed by atoms with van der Waals surface area (Å²) in [6.07, 6.45) is 0. The van der Waals surface area contributed by atoms with E-state index in [0.717, 1.165) is 41.0 Å². The van der Waals surface area contributed by atoms with E-state index in [0.29, 0.717) is 5.89 Å². The predicted octanol–water partition coefficient (Wildman–Crippen LogP) is 14.9. The van der Waals surface area contributed by atoms with E-state index in [1.54, 1.807) is 0 Å². The van der Waals surface area contributed by atoms with Crippen LogP contribution in [0.5, 0.6) is 0 Å². The Morgan fingerprint density at radius 1 is 0.588 bits per heavy atom. The zero-order chi connectivity index (χ0) is 46.8. The maximum Gasteiger partial charge on any atom is 0.227 e. The van der Waals surface area contributed by atoms with Crippen LogP contribution in [0, 0.1) is 0 Å². The Morgan fingerprint density at radius 3 is 1.97 bits per heavy atom. The number of oxazole rings is 1. The van der Waals surface area contributed by atoms with E-state index in [1.807, 2.05) is 18.2 Å². The summed E-state index contributed by atoms with van der Waals surface area (Å²) in [5, 5.41) is 6.73. The van der Waals surface area contributed by atoms with Gasteiger partial charge in [-0.2, -0.15) is 0 Å². The lowest BCUT2D eigenvalue weighted by Crippen LogP contribution is -2.38. The Morgan fingerprint density at radius 2 is 1.25 bits per heavy atom. The lowest BCUT2D eigenvalue weighted by Gasteiger charge is -2.31. The molecular weight excluding hydrogens is 826 g/mol. The van der Waals surface area contributed by atoms with E-state index in [4.69, 9.17) is 9.40 Å². The maximum absolute atomic E-state index is 6.65. The van der Waals surface area contributed by atoms with Gasteiger partial charge >= 0.3 is 0 Å². The van der Waals surface area contributed by atoms with Crippen molar-refractivity contribution >= 4 is 62.5 Å². The minimum atomic E-state index is -0.313. The van der Waals surface area contributed by atoms with Crippen molar-refractivity contribution in [2.75, 3.05) is 5.32 Å². The van der Waals surface area contributed by atoms with Crippen LogP contribution < -0.4 is 16.2 Å². The minimum absolute atomic E-state index is 0.0376. The normalized spacial score (nSPS) is 15.0. The Balaban J connectivity index is 1.18. The molecule has 3 aliphatic rings. The van der Waals surface area contributed by atoms with Gasteiger partial charge in [0.1, 0.15) is 5.52 Å². The summed E-state index contributed by atoms with van der Waals surface area (Å²) in [5.41, 5.74) is 26.6. The van der Waals surface area contributed by atoms with Crippen LogP contribution in [-0.4, -0.2) is 16.8 Å². The molecule has 1 N–H and O–H groups in total. The van der Waals surface area contributed by atoms with Crippen molar-refractivity contribution in [3.8, 4) is 50.5 Å². The van der Waals surface area contributed by atoms with Gasteiger partial charge < -0.3 is 14.3 Å². The highest BCUT2D eigenvalue weighted by molar-refractivity contribution is 6.74. The van der Waals surface area contributed by atoms with Crippen molar-refractivity contribution in [3.05, 3.63) is 179 Å².